The molecule has 0 saturated carbocycles. The maximum Gasteiger partial charge on any atom is 0.0823 e. The Morgan fingerprint density at radius 1 is 1.58 bits per heavy atom. The Labute approximate surface area is 72.0 Å². The molecule has 1 aliphatic heterocycles. The highest BCUT2D eigenvalue weighted by atomic mass is 15.4. The lowest BCUT2D eigenvalue weighted by Crippen LogP contribution is -2.45. The van der Waals surface area contributed by atoms with Crippen molar-refractivity contribution in [1.82, 2.24) is 14.7 Å². The predicted molar refractivity (Wildman–Crippen MR) is 47.9 cm³/mol. The van der Waals surface area contributed by atoms with Crippen molar-refractivity contribution < 1.29 is 0 Å². The van der Waals surface area contributed by atoms with Crippen molar-refractivity contribution in [2.45, 2.75) is 13.0 Å². The van der Waals surface area contributed by atoms with Crippen LogP contribution in [-0.2, 0) is 0 Å². The average molecular weight is 166 g/mol. The van der Waals surface area contributed by atoms with Gasteiger partial charge >= 0.3 is 0 Å². The minimum atomic E-state index is 0.533. The molecule has 12 heavy (non-hydrogen) atoms. The zero-order valence-corrected chi connectivity index (χ0v) is 7.49. The number of rotatable bonds is 1. The molecule has 0 amide bonds. The fourth-order valence-electron chi connectivity index (χ4n) is 1.52. The Hall–Kier alpha value is -1.03. The highest BCUT2D eigenvalue weighted by molar-refractivity contribution is 5.39. The van der Waals surface area contributed by atoms with Crippen molar-refractivity contribution in [2.24, 2.45) is 0 Å². The predicted octanol–water partition coefficient (Wildman–Crippen LogP) is 0.260. The van der Waals surface area contributed by atoms with Crippen molar-refractivity contribution in [3.05, 3.63) is 11.9 Å². The van der Waals surface area contributed by atoms with Gasteiger partial charge < -0.3 is 10.6 Å². The van der Waals surface area contributed by atoms with Gasteiger partial charge in [-0.25, -0.2) is 0 Å². The molecule has 0 atom stereocenters. The summed E-state index contributed by atoms with van der Waals surface area (Å²) in [7, 11) is 2.11. The number of aryl methyl sites for hydroxylation is 1. The minimum absolute atomic E-state index is 0.533. The first-order valence-corrected chi connectivity index (χ1v) is 4.16. The third kappa shape index (κ3) is 1.08. The largest absolute Gasteiger partial charge is 0.396 e. The van der Waals surface area contributed by atoms with Crippen molar-refractivity contribution in [2.75, 3.05) is 25.9 Å². The summed E-state index contributed by atoms with van der Waals surface area (Å²) in [5.41, 5.74) is 7.43. The van der Waals surface area contributed by atoms with E-state index in [1.165, 1.54) is 0 Å². The molecule has 66 valence electrons. The number of nitrogen functional groups attached to an aromatic ring is 1. The van der Waals surface area contributed by atoms with Crippen molar-refractivity contribution in [3.8, 4) is 0 Å². The molecule has 0 radical (unpaired) electrons. The van der Waals surface area contributed by atoms with Gasteiger partial charge in [0.05, 0.1) is 17.4 Å². The summed E-state index contributed by atoms with van der Waals surface area (Å²) in [4.78, 5) is 2.26. The quantitative estimate of drug-likeness (QED) is 0.651. The Kier molecular flexibility index (Phi) is 1.58. The number of likely N-dealkylation sites (N-methyl/N-ethyl adjacent to an activating group) is 1. The van der Waals surface area contributed by atoms with Crippen LogP contribution in [0.4, 0.5) is 5.69 Å². The zero-order valence-electron chi connectivity index (χ0n) is 7.49. The van der Waals surface area contributed by atoms with Gasteiger partial charge in [-0.05, 0) is 14.0 Å². The molecule has 0 aromatic carbocycles. The summed E-state index contributed by atoms with van der Waals surface area (Å²) in [6.45, 7) is 4.11. The monoisotopic (exact) mass is 166 g/mol. The summed E-state index contributed by atoms with van der Waals surface area (Å²) >= 11 is 0. The minimum Gasteiger partial charge on any atom is -0.396 e. The van der Waals surface area contributed by atoms with E-state index in [4.69, 9.17) is 5.73 Å². The molecule has 1 fully saturated rings. The van der Waals surface area contributed by atoms with E-state index in [-0.39, 0.29) is 0 Å². The van der Waals surface area contributed by atoms with Crippen LogP contribution in [0.15, 0.2) is 6.20 Å². The lowest BCUT2D eigenvalue weighted by atomic mass is 10.1. The fraction of sp³-hybridized carbons (Fsp3) is 0.625. The maximum absolute atomic E-state index is 5.69. The first-order chi connectivity index (χ1) is 5.66. The van der Waals surface area contributed by atoms with Crippen molar-refractivity contribution >= 4 is 5.69 Å². The molecular weight excluding hydrogens is 152 g/mol. The number of nitrogens with two attached hydrogens (primary N) is 1. The number of hydrogen-bond donors (Lipinski definition) is 1. The van der Waals surface area contributed by atoms with E-state index in [9.17, 15) is 0 Å². The van der Waals surface area contributed by atoms with Gasteiger partial charge in [-0.2, -0.15) is 5.10 Å². The van der Waals surface area contributed by atoms with Crippen LogP contribution < -0.4 is 5.73 Å². The molecule has 4 nitrogen and oxygen atoms in total. The van der Waals surface area contributed by atoms with Gasteiger partial charge in [0.1, 0.15) is 0 Å². The van der Waals surface area contributed by atoms with Crippen LogP contribution in [0.5, 0.6) is 0 Å². The smallest absolute Gasteiger partial charge is 0.0823 e. The second kappa shape index (κ2) is 2.48. The topological polar surface area (TPSA) is 47.1 Å². The Bertz CT molecular complexity index is 266. The molecule has 4 heteroatoms. The van der Waals surface area contributed by atoms with Crippen LogP contribution in [0.1, 0.15) is 11.7 Å². The van der Waals surface area contributed by atoms with Crippen molar-refractivity contribution in [3.63, 3.8) is 0 Å². The summed E-state index contributed by atoms with van der Waals surface area (Å²) in [6, 6.07) is 0.533. The number of anilines is 1. The average Bonchev–Trinajstić information content (AvgIpc) is 2.26. The molecule has 1 aliphatic rings. The summed E-state index contributed by atoms with van der Waals surface area (Å²) in [5, 5.41) is 4.33. The lowest BCUT2D eigenvalue weighted by molar-refractivity contribution is 0.130. The maximum atomic E-state index is 5.69. The third-order valence-electron chi connectivity index (χ3n) is 2.37. The van der Waals surface area contributed by atoms with Crippen LogP contribution in [-0.4, -0.2) is 34.8 Å². The van der Waals surface area contributed by atoms with E-state index in [1.807, 2.05) is 17.8 Å². The third-order valence-corrected chi connectivity index (χ3v) is 2.37. The molecule has 2 heterocycles. The van der Waals surface area contributed by atoms with Gasteiger partial charge in [-0.15, -0.1) is 0 Å². The first kappa shape index (κ1) is 7.61. The second-order valence-electron chi connectivity index (χ2n) is 3.52. The van der Waals surface area contributed by atoms with Gasteiger partial charge in [-0.3, -0.25) is 4.68 Å². The van der Waals surface area contributed by atoms with Crippen LogP contribution in [0.3, 0.4) is 0 Å². The van der Waals surface area contributed by atoms with Crippen LogP contribution in [0.2, 0.25) is 0 Å². The van der Waals surface area contributed by atoms with Crippen LogP contribution in [0, 0.1) is 6.92 Å². The molecule has 1 aromatic rings. The van der Waals surface area contributed by atoms with Gasteiger partial charge in [-0.1, -0.05) is 0 Å². The lowest BCUT2D eigenvalue weighted by Gasteiger charge is -2.36. The molecule has 0 unspecified atom stereocenters. The van der Waals surface area contributed by atoms with E-state index in [0.29, 0.717) is 6.04 Å². The Morgan fingerprint density at radius 2 is 2.25 bits per heavy atom. The Morgan fingerprint density at radius 3 is 2.67 bits per heavy atom. The molecule has 1 aromatic heterocycles. The van der Waals surface area contributed by atoms with Gasteiger partial charge in [0.15, 0.2) is 0 Å². The number of aromatic nitrogens is 2. The molecule has 2 rings (SSSR count). The molecular formula is C8H14N4. The molecule has 0 spiro atoms. The van der Waals surface area contributed by atoms with E-state index in [0.717, 1.165) is 24.5 Å². The highest BCUT2D eigenvalue weighted by Crippen LogP contribution is 2.20. The number of hydrogen-bond acceptors (Lipinski definition) is 3. The number of nitrogens with zero attached hydrogens (tertiary/aromatic N) is 3. The van der Waals surface area contributed by atoms with E-state index >= 15 is 0 Å². The highest BCUT2D eigenvalue weighted by Gasteiger charge is 2.25. The summed E-state index contributed by atoms with van der Waals surface area (Å²) in [5.74, 6) is 0. The second-order valence-corrected chi connectivity index (χ2v) is 3.52. The first-order valence-electron chi connectivity index (χ1n) is 4.16. The van der Waals surface area contributed by atoms with Crippen molar-refractivity contribution in [1.29, 1.82) is 0 Å². The molecule has 2 N–H and O–H groups in total. The van der Waals surface area contributed by atoms with Crippen LogP contribution in [0.25, 0.3) is 0 Å². The standard InChI is InChI=1S/C8H14N4/c1-6-8(9)5-12(10-6)7-3-11(2)4-7/h5,7H,3-4,9H2,1-2H3. The summed E-state index contributed by atoms with van der Waals surface area (Å²) < 4.78 is 1.98. The van der Waals surface area contributed by atoms with Gasteiger partial charge in [0, 0.05) is 19.3 Å². The Balaban J connectivity index is 2.14. The molecule has 0 bridgehead atoms. The van der Waals surface area contributed by atoms with E-state index < -0.39 is 0 Å². The number of likely N-dealkylation sites (tertiary alicyclic amines) is 1. The fourth-order valence-corrected chi connectivity index (χ4v) is 1.52. The molecule has 0 aliphatic carbocycles. The normalized spacial score (nSPS) is 19.5. The van der Waals surface area contributed by atoms with E-state index in [2.05, 4.69) is 17.0 Å². The van der Waals surface area contributed by atoms with E-state index in [1.54, 1.807) is 0 Å². The SMILES string of the molecule is Cc1nn(C2CN(C)C2)cc1N. The van der Waals surface area contributed by atoms with Gasteiger partial charge in [0.2, 0.25) is 0 Å². The summed E-state index contributed by atoms with van der Waals surface area (Å²) in [6.07, 6.45) is 1.92. The zero-order chi connectivity index (χ0) is 8.72. The van der Waals surface area contributed by atoms with Crippen LogP contribution >= 0.6 is 0 Å². The molecule has 1 saturated heterocycles. The van der Waals surface area contributed by atoms with Gasteiger partial charge in [0.25, 0.3) is 0 Å².